The Bertz CT molecular complexity index is 749. The van der Waals surface area contributed by atoms with E-state index in [9.17, 15) is 4.79 Å². The molecule has 0 amide bonds. The van der Waals surface area contributed by atoms with Crippen LogP contribution in [0.5, 0.6) is 5.75 Å². The minimum Gasteiger partial charge on any atom is -0.488 e. The molecule has 0 spiro atoms. The Kier molecular flexibility index (Phi) is 3.58. The summed E-state index contributed by atoms with van der Waals surface area (Å²) in [7, 11) is 0. The first-order valence-electron chi connectivity index (χ1n) is 6.69. The predicted octanol–water partition coefficient (Wildman–Crippen LogP) is 3.66. The first-order valence-corrected chi connectivity index (χ1v) is 6.69. The van der Waals surface area contributed by atoms with Crippen LogP contribution in [-0.2, 0) is 13.0 Å². The van der Waals surface area contributed by atoms with Gasteiger partial charge in [0.05, 0.1) is 5.56 Å². The first-order chi connectivity index (χ1) is 10.3. The Labute approximate surface area is 121 Å². The third kappa shape index (κ3) is 2.59. The smallest absolute Gasteiger partial charge is 0.197 e. The number of hydrogen-bond donors (Lipinski definition) is 0. The van der Waals surface area contributed by atoms with Crippen molar-refractivity contribution in [2.45, 2.75) is 13.0 Å². The molecule has 21 heavy (non-hydrogen) atoms. The van der Waals surface area contributed by atoms with Crippen LogP contribution in [0.3, 0.4) is 0 Å². The molecule has 0 aromatic heterocycles. The minimum absolute atomic E-state index is 0.0243. The summed E-state index contributed by atoms with van der Waals surface area (Å²) >= 11 is 0. The van der Waals surface area contributed by atoms with Crippen LogP contribution in [0.15, 0.2) is 47.6 Å². The number of ketones is 1. The van der Waals surface area contributed by atoms with Gasteiger partial charge >= 0.3 is 0 Å². The van der Waals surface area contributed by atoms with Crippen LogP contribution in [0.2, 0.25) is 0 Å². The van der Waals surface area contributed by atoms with Gasteiger partial charge in [0.25, 0.3) is 0 Å². The van der Waals surface area contributed by atoms with Gasteiger partial charge in [-0.2, -0.15) is 0 Å². The number of carbonyl (C=O) groups is 1. The van der Waals surface area contributed by atoms with Crippen molar-refractivity contribution in [1.29, 1.82) is 0 Å². The largest absolute Gasteiger partial charge is 0.488 e. The monoisotopic (exact) mass is 279 g/mol. The molecule has 5 heteroatoms. The molecule has 5 nitrogen and oxygen atoms in total. The lowest BCUT2D eigenvalue weighted by Gasteiger charge is -2.08. The second-order valence-electron chi connectivity index (χ2n) is 4.81. The number of azide groups is 1. The molecule has 1 aliphatic rings. The molecule has 0 aliphatic carbocycles. The fourth-order valence-electron chi connectivity index (χ4n) is 2.43. The number of fused-ring (bicyclic) bond motifs is 2. The number of hydrogen-bond acceptors (Lipinski definition) is 3. The van der Waals surface area contributed by atoms with Crippen molar-refractivity contribution in [2.24, 2.45) is 5.11 Å². The van der Waals surface area contributed by atoms with Gasteiger partial charge in [0.2, 0.25) is 0 Å². The topological polar surface area (TPSA) is 75.1 Å². The van der Waals surface area contributed by atoms with Crippen molar-refractivity contribution >= 4 is 5.78 Å². The summed E-state index contributed by atoms with van der Waals surface area (Å²) in [5, 5.41) is 3.52. The van der Waals surface area contributed by atoms with Crippen LogP contribution < -0.4 is 4.74 Å². The molecule has 0 radical (unpaired) electrons. The molecule has 0 unspecified atom stereocenters. The normalized spacial score (nSPS) is 12.5. The Hall–Kier alpha value is -2.78. The van der Waals surface area contributed by atoms with E-state index in [1.807, 2.05) is 42.5 Å². The second kappa shape index (κ2) is 5.69. The Morgan fingerprint density at radius 1 is 1.19 bits per heavy atom. The highest BCUT2D eigenvalue weighted by Gasteiger charge is 2.21. The van der Waals surface area contributed by atoms with Crippen molar-refractivity contribution in [3.63, 3.8) is 0 Å². The van der Waals surface area contributed by atoms with Crippen LogP contribution in [-0.4, -0.2) is 12.3 Å². The van der Waals surface area contributed by atoms with Gasteiger partial charge < -0.3 is 4.74 Å². The maximum atomic E-state index is 12.6. The Morgan fingerprint density at radius 2 is 2.05 bits per heavy atom. The first kappa shape index (κ1) is 13.2. The number of nitrogens with zero attached hydrogens (tertiary/aromatic N) is 3. The standard InChI is InChI=1S/C16H13N3O2/c17-19-18-8-7-11-5-6-15-14(9-11)16(20)13-4-2-1-3-12(13)10-21-15/h1-6,9H,7-8,10H2. The van der Waals surface area contributed by atoms with E-state index in [0.29, 0.717) is 36.4 Å². The molecule has 0 saturated heterocycles. The zero-order chi connectivity index (χ0) is 14.7. The predicted molar refractivity (Wildman–Crippen MR) is 78.4 cm³/mol. The molecule has 2 aromatic rings. The average molecular weight is 279 g/mol. The maximum absolute atomic E-state index is 12.6. The van der Waals surface area contributed by atoms with Crippen LogP contribution in [0.4, 0.5) is 0 Å². The quantitative estimate of drug-likeness (QED) is 0.488. The van der Waals surface area contributed by atoms with Crippen molar-refractivity contribution in [3.8, 4) is 5.75 Å². The van der Waals surface area contributed by atoms with E-state index in [1.165, 1.54) is 0 Å². The van der Waals surface area contributed by atoms with Crippen LogP contribution >= 0.6 is 0 Å². The van der Waals surface area contributed by atoms with Gasteiger partial charge in [-0.1, -0.05) is 35.4 Å². The van der Waals surface area contributed by atoms with Gasteiger partial charge in [-0.3, -0.25) is 4.79 Å². The van der Waals surface area contributed by atoms with Crippen molar-refractivity contribution in [2.75, 3.05) is 6.54 Å². The van der Waals surface area contributed by atoms with Gasteiger partial charge in [-0.25, -0.2) is 0 Å². The minimum atomic E-state index is -0.0243. The van der Waals surface area contributed by atoms with E-state index >= 15 is 0 Å². The molecule has 2 aromatic carbocycles. The van der Waals surface area contributed by atoms with Gasteiger partial charge in [-0.05, 0) is 29.6 Å². The highest BCUT2D eigenvalue weighted by molar-refractivity contribution is 6.12. The van der Waals surface area contributed by atoms with Gasteiger partial charge in [0.15, 0.2) is 5.78 Å². The number of benzene rings is 2. The van der Waals surface area contributed by atoms with Crippen molar-refractivity contribution in [1.82, 2.24) is 0 Å². The summed E-state index contributed by atoms with van der Waals surface area (Å²) in [4.78, 5) is 15.4. The van der Waals surface area contributed by atoms with Crippen molar-refractivity contribution in [3.05, 3.63) is 75.2 Å². The van der Waals surface area contributed by atoms with Gasteiger partial charge in [0, 0.05) is 22.6 Å². The molecule has 0 bridgehead atoms. The SMILES string of the molecule is [N-]=[N+]=NCCc1ccc2c(c1)C(=O)c1ccccc1CO2. The molecule has 0 saturated carbocycles. The highest BCUT2D eigenvalue weighted by Crippen LogP contribution is 2.29. The molecule has 104 valence electrons. The van der Waals surface area contributed by atoms with E-state index in [2.05, 4.69) is 10.0 Å². The summed E-state index contributed by atoms with van der Waals surface area (Å²) in [6.07, 6.45) is 0.603. The number of ether oxygens (including phenoxy) is 1. The van der Waals surface area contributed by atoms with E-state index in [1.54, 1.807) is 0 Å². The summed E-state index contributed by atoms with van der Waals surface area (Å²) in [6, 6.07) is 13.0. The zero-order valence-electron chi connectivity index (χ0n) is 11.3. The summed E-state index contributed by atoms with van der Waals surface area (Å²) in [5.74, 6) is 0.576. The third-order valence-electron chi connectivity index (χ3n) is 3.50. The van der Waals surface area contributed by atoms with Crippen molar-refractivity contribution < 1.29 is 9.53 Å². The third-order valence-corrected chi connectivity index (χ3v) is 3.50. The Balaban J connectivity index is 1.98. The van der Waals surface area contributed by atoms with E-state index in [0.717, 1.165) is 11.1 Å². The van der Waals surface area contributed by atoms with Gasteiger partial charge in [-0.15, -0.1) is 0 Å². The molecular weight excluding hydrogens is 266 g/mol. The number of rotatable bonds is 3. The molecule has 0 fully saturated rings. The fraction of sp³-hybridized carbons (Fsp3) is 0.188. The second-order valence-corrected chi connectivity index (χ2v) is 4.81. The highest BCUT2D eigenvalue weighted by atomic mass is 16.5. The van der Waals surface area contributed by atoms with Crippen LogP contribution in [0.25, 0.3) is 10.4 Å². The maximum Gasteiger partial charge on any atom is 0.197 e. The summed E-state index contributed by atoms with van der Waals surface area (Å²) in [6.45, 7) is 0.772. The zero-order valence-corrected chi connectivity index (χ0v) is 11.3. The van der Waals surface area contributed by atoms with E-state index in [-0.39, 0.29) is 5.78 Å². The molecule has 0 atom stereocenters. The fourth-order valence-corrected chi connectivity index (χ4v) is 2.43. The molecular formula is C16H13N3O2. The van der Waals surface area contributed by atoms with Crippen LogP contribution in [0, 0.1) is 0 Å². The van der Waals surface area contributed by atoms with Gasteiger partial charge in [0.1, 0.15) is 12.4 Å². The molecule has 1 heterocycles. The number of carbonyl (C=O) groups excluding carboxylic acids is 1. The molecule has 1 aliphatic heterocycles. The van der Waals surface area contributed by atoms with E-state index in [4.69, 9.17) is 10.3 Å². The lowest BCUT2D eigenvalue weighted by Crippen LogP contribution is -2.03. The Morgan fingerprint density at radius 3 is 2.90 bits per heavy atom. The summed E-state index contributed by atoms with van der Waals surface area (Å²) in [5.41, 5.74) is 11.4. The van der Waals surface area contributed by atoms with Crippen LogP contribution in [0.1, 0.15) is 27.0 Å². The van der Waals surface area contributed by atoms with E-state index < -0.39 is 0 Å². The lowest BCUT2D eigenvalue weighted by atomic mass is 9.97. The summed E-state index contributed by atoms with van der Waals surface area (Å²) < 4.78 is 5.72. The lowest BCUT2D eigenvalue weighted by molar-refractivity contribution is 0.103. The average Bonchev–Trinajstić information content (AvgIpc) is 2.66. The molecule has 0 N–H and O–H groups in total. The molecule has 3 rings (SSSR count).